The van der Waals surface area contributed by atoms with E-state index in [4.69, 9.17) is 0 Å². The monoisotopic (exact) mass is 219 g/mol. The Morgan fingerprint density at radius 1 is 1.14 bits per heavy atom. The van der Waals surface area contributed by atoms with E-state index in [9.17, 15) is 8.42 Å². The molecular formula is C10H21NO2S. The van der Waals surface area contributed by atoms with Crippen LogP contribution < -0.4 is 4.72 Å². The van der Waals surface area contributed by atoms with Gasteiger partial charge in [-0.1, -0.05) is 13.8 Å². The predicted octanol–water partition coefficient (Wildman–Crippen LogP) is 1.75. The fourth-order valence-corrected chi connectivity index (χ4v) is 3.46. The van der Waals surface area contributed by atoms with Crippen molar-refractivity contribution in [3.63, 3.8) is 0 Å². The van der Waals surface area contributed by atoms with Crippen molar-refractivity contribution in [2.24, 2.45) is 11.8 Å². The van der Waals surface area contributed by atoms with Crippen molar-refractivity contribution in [3.05, 3.63) is 0 Å². The average Bonchev–Trinajstić information content (AvgIpc) is 2.18. The summed E-state index contributed by atoms with van der Waals surface area (Å²) in [7, 11) is -1.52. The lowest BCUT2D eigenvalue weighted by Crippen LogP contribution is -2.35. The molecule has 0 radical (unpaired) electrons. The van der Waals surface area contributed by atoms with Crippen molar-refractivity contribution < 1.29 is 8.42 Å². The first-order valence-electron chi connectivity index (χ1n) is 5.39. The molecule has 4 heteroatoms. The molecule has 0 heterocycles. The third-order valence-electron chi connectivity index (χ3n) is 3.39. The first kappa shape index (κ1) is 12.0. The van der Waals surface area contributed by atoms with Crippen molar-refractivity contribution in [2.45, 2.75) is 44.8 Å². The first-order chi connectivity index (χ1) is 6.47. The van der Waals surface area contributed by atoms with Crippen LogP contribution in [0.5, 0.6) is 0 Å². The molecule has 1 fully saturated rings. The fourth-order valence-electron chi connectivity index (χ4n) is 2.23. The van der Waals surface area contributed by atoms with Crippen molar-refractivity contribution in [1.29, 1.82) is 0 Å². The van der Waals surface area contributed by atoms with Gasteiger partial charge in [-0.2, -0.15) is 0 Å². The summed E-state index contributed by atoms with van der Waals surface area (Å²) in [5, 5.41) is -0.150. The van der Waals surface area contributed by atoms with Gasteiger partial charge in [0.1, 0.15) is 0 Å². The number of sulfonamides is 1. The van der Waals surface area contributed by atoms with Crippen LogP contribution in [0.15, 0.2) is 0 Å². The summed E-state index contributed by atoms with van der Waals surface area (Å²) in [5.74, 6) is 1.41. The van der Waals surface area contributed by atoms with Gasteiger partial charge >= 0.3 is 0 Å². The van der Waals surface area contributed by atoms with Crippen LogP contribution in [0.3, 0.4) is 0 Å². The third kappa shape index (κ3) is 2.70. The zero-order chi connectivity index (χ0) is 10.8. The topological polar surface area (TPSA) is 46.2 Å². The van der Waals surface area contributed by atoms with E-state index in [2.05, 4.69) is 18.6 Å². The summed E-state index contributed by atoms with van der Waals surface area (Å²) in [6.45, 7) is 4.44. The molecule has 0 bridgehead atoms. The van der Waals surface area contributed by atoms with Crippen LogP contribution in [0, 0.1) is 11.8 Å². The normalized spacial score (nSPS) is 29.4. The van der Waals surface area contributed by atoms with Crippen LogP contribution in [-0.4, -0.2) is 20.7 Å². The molecule has 14 heavy (non-hydrogen) atoms. The lowest BCUT2D eigenvalue weighted by atomic mass is 9.82. The van der Waals surface area contributed by atoms with Crippen LogP contribution in [0.1, 0.15) is 39.5 Å². The summed E-state index contributed by atoms with van der Waals surface area (Å²) in [6, 6.07) is 0. The van der Waals surface area contributed by atoms with Crippen LogP contribution >= 0.6 is 0 Å². The zero-order valence-corrected chi connectivity index (χ0v) is 10.1. The minimum atomic E-state index is -3.02. The van der Waals surface area contributed by atoms with E-state index >= 15 is 0 Å². The highest BCUT2D eigenvalue weighted by molar-refractivity contribution is 7.90. The molecule has 1 aliphatic rings. The number of hydrogen-bond donors (Lipinski definition) is 1. The van der Waals surface area contributed by atoms with Crippen molar-refractivity contribution in [3.8, 4) is 0 Å². The average molecular weight is 219 g/mol. The summed E-state index contributed by atoms with van der Waals surface area (Å²) in [4.78, 5) is 0. The highest BCUT2D eigenvalue weighted by Crippen LogP contribution is 2.32. The maximum atomic E-state index is 11.5. The van der Waals surface area contributed by atoms with Crippen LogP contribution in [0.2, 0.25) is 0 Å². The smallest absolute Gasteiger partial charge is 0.214 e. The van der Waals surface area contributed by atoms with Crippen LogP contribution in [-0.2, 0) is 10.0 Å². The molecule has 0 spiro atoms. The molecule has 0 saturated heterocycles. The largest absolute Gasteiger partial charge is 0.218 e. The molecule has 1 N–H and O–H groups in total. The summed E-state index contributed by atoms with van der Waals surface area (Å²) >= 11 is 0. The van der Waals surface area contributed by atoms with Crippen molar-refractivity contribution in [1.82, 2.24) is 4.72 Å². The highest BCUT2D eigenvalue weighted by Gasteiger charge is 2.30. The Balaban J connectivity index is 2.52. The quantitative estimate of drug-likeness (QED) is 0.786. The molecule has 0 aromatic rings. The minimum absolute atomic E-state index is 0.150. The van der Waals surface area contributed by atoms with E-state index in [1.165, 1.54) is 7.05 Å². The van der Waals surface area contributed by atoms with Gasteiger partial charge in [-0.25, -0.2) is 13.1 Å². The van der Waals surface area contributed by atoms with E-state index in [0.717, 1.165) is 31.6 Å². The van der Waals surface area contributed by atoms with Gasteiger partial charge in [0.25, 0.3) is 0 Å². The molecule has 0 aromatic carbocycles. The van der Waals surface area contributed by atoms with E-state index in [1.807, 2.05) is 0 Å². The number of hydrogen-bond acceptors (Lipinski definition) is 2. The Hall–Kier alpha value is -0.0900. The van der Waals surface area contributed by atoms with Gasteiger partial charge in [0.05, 0.1) is 5.25 Å². The molecule has 0 aliphatic heterocycles. The molecule has 1 saturated carbocycles. The standard InChI is InChI=1S/C10H21NO2S/c1-8(2)9-4-6-10(7-5-9)14(12,13)11-3/h8-11H,4-7H2,1-3H3. The lowest BCUT2D eigenvalue weighted by molar-refractivity contribution is 0.279. The van der Waals surface area contributed by atoms with Crippen molar-refractivity contribution in [2.75, 3.05) is 7.05 Å². The van der Waals surface area contributed by atoms with Gasteiger partial charge in [-0.3, -0.25) is 0 Å². The Bertz CT molecular complexity index is 264. The van der Waals surface area contributed by atoms with Crippen LogP contribution in [0.25, 0.3) is 0 Å². The maximum Gasteiger partial charge on any atom is 0.214 e. The second kappa shape index (κ2) is 4.62. The minimum Gasteiger partial charge on any atom is -0.218 e. The fraction of sp³-hybridized carbons (Fsp3) is 1.00. The van der Waals surface area contributed by atoms with E-state index in [1.54, 1.807) is 0 Å². The molecule has 0 aromatic heterocycles. The number of nitrogens with one attached hydrogen (secondary N) is 1. The van der Waals surface area contributed by atoms with Gasteiger partial charge in [-0.15, -0.1) is 0 Å². The van der Waals surface area contributed by atoms with Crippen molar-refractivity contribution >= 4 is 10.0 Å². The Labute approximate surface area is 87.3 Å². The molecule has 0 atom stereocenters. The van der Waals surface area contributed by atoms with Gasteiger partial charge in [-0.05, 0) is 44.6 Å². The van der Waals surface area contributed by atoms with Gasteiger partial charge in [0, 0.05) is 0 Å². The summed E-state index contributed by atoms with van der Waals surface area (Å²) in [6.07, 6.45) is 3.77. The molecule has 84 valence electrons. The summed E-state index contributed by atoms with van der Waals surface area (Å²) < 4.78 is 25.5. The molecule has 0 amide bonds. The SMILES string of the molecule is CNS(=O)(=O)C1CCC(C(C)C)CC1. The van der Waals surface area contributed by atoms with E-state index in [-0.39, 0.29) is 5.25 Å². The van der Waals surface area contributed by atoms with E-state index < -0.39 is 10.0 Å². The second-order valence-electron chi connectivity index (χ2n) is 4.53. The van der Waals surface area contributed by atoms with Gasteiger partial charge < -0.3 is 0 Å². The first-order valence-corrected chi connectivity index (χ1v) is 6.94. The molecule has 1 rings (SSSR count). The van der Waals surface area contributed by atoms with Gasteiger partial charge in [0.15, 0.2) is 0 Å². The molecule has 0 unspecified atom stereocenters. The van der Waals surface area contributed by atoms with Crippen LogP contribution in [0.4, 0.5) is 0 Å². The Kier molecular flexibility index (Phi) is 3.95. The highest BCUT2D eigenvalue weighted by atomic mass is 32.2. The second-order valence-corrected chi connectivity index (χ2v) is 6.69. The molecular weight excluding hydrogens is 198 g/mol. The molecule has 3 nitrogen and oxygen atoms in total. The Morgan fingerprint density at radius 3 is 2.00 bits per heavy atom. The molecule has 1 aliphatic carbocycles. The lowest BCUT2D eigenvalue weighted by Gasteiger charge is -2.30. The number of rotatable bonds is 3. The third-order valence-corrected chi connectivity index (χ3v) is 5.30. The predicted molar refractivity (Wildman–Crippen MR) is 58.6 cm³/mol. The Morgan fingerprint density at radius 2 is 1.64 bits per heavy atom. The summed E-state index contributed by atoms with van der Waals surface area (Å²) in [5.41, 5.74) is 0. The van der Waals surface area contributed by atoms with E-state index in [0.29, 0.717) is 5.92 Å². The maximum absolute atomic E-state index is 11.5. The zero-order valence-electron chi connectivity index (χ0n) is 9.29. The van der Waals surface area contributed by atoms with Gasteiger partial charge in [0.2, 0.25) is 10.0 Å².